The minimum absolute atomic E-state index is 0.504. The van der Waals surface area contributed by atoms with Crippen LogP contribution in [0.4, 0.5) is 0 Å². The lowest BCUT2D eigenvalue weighted by molar-refractivity contribution is 0.220. The third kappa shape index (κ3) is 2.51. The third-order valence-corrected chi connectivity index (χ3v) is 4.22. The Labute approximate surface area is 118 Å². The maximum Gasteiger partial charge on any atom is 0.106 e. The molecule has 1 aromatic carbocycles. The number of nitrogens with zero attached hydrogens (tertiary/aromatic N) is 1. The largest absolute Gasteiger partial charge is 0.384 e. The van der Waals surface area contributed by atoms with Crippen molar-refractivity contribution in [1.29, 1.82) is 0 Å². The normalized spacial score (nSPS) is 16.9. The van der Waals surface area contributed by atoms with Gasteiger partial charge in [-0.05, 0) is 36.0 Å². The maximum atomic E-state index is 10.5. The van der Waals surface area contributed by atoms with Gasteiger partial charge in [0.2, 0.25) is 0 Å². The van der Waals surface area contributed by atoms with Crippen molar-refractivity contribution in [3.8, 4) is 0 Å². The molecule has 1 fully saturated rings. The van der Waals surface area contributed by atoms with Crippen molar-refractivity contribution in [2.75, 3.05) is 0 Å². The zero-order valence-electron chi connectivity index (χ0n) is 10.6. The lowest BCUT2D eigenvalue weighted by Gasteiger charge is -2.26. The summed E-state index contributed by atoms with van der Waals surface area (Å²) in [4.78, 5) is 3.95. The Balaban J connectivity index is 1.91. The summed E-state index contributed by atoms with van der Waals surface area (Å²) < 4.78 is 0. The summed E-state index contributed by atoms with van der Waals surface area (Å²) in [5, 5.41) is 11.0. The maximum absolute atomic E-state index is 10.5. The first-order chi connectivity index (χ1) is 9.25. The number of aliphatic hydroxyl groups excluding tert-OH is 1. The minimum atomic E-state index is -0.685. The molecule has 1 aliphatic carbocycles. The first kappa shape index (κ1) is 12.6. The second kappa shape index (κ2) is 5.32. The molecule has 3 rings (SSSR count). The molecule has 2 aromatic rings. The molecule has 1 heterocycles. The first-order valence-electron chi connectivity index (χ1n) is 6.63. The minimum Gasteiger partial charge on any atom is -0.384 e. The van der Waals surface area contributed by atoms with E-state index in [1.54, 1.807) is 18.5 Å². The van der Waals surface area contributed by atoms with Crippen LogP contribution in [0.3, 0.4) is 0 Å². The Bertz CT molecular complexity index is 580. The number of aliphatic hydroxyl groups is 1. The summed E-state index contributed by atoms with van der Waals surface area (Å²) in [7, 11) is 0. The number of halogens is 1. The second-order valence-corrected chi connectivity index (χ2v) is 5.50. The van der Waals surface area contributed by atoms with Crippen LogP contribution < -0.4 is 0 Å². The van der Waals surface area contributed by atoms with Crippen LogP contribution in [0.5, 0.6) is 0 Å². The average Bonchev–Trinajstić information content (AvgIpc) is 2.37. The lowest BCUT2D eigenvalue weighted by atomic mass is 9.79. The van der Waals surface area contributed by atoms with Crippen molar-refractivity contribution >= 4 is 11.6 Å². The van der Waals surface area contributed by atoms with Crippen LogP contribution >= 0.6 is 11.6 Å². The molecule has 0 radical (unpaired) electrons. The van der Waals surface area contributed by atoms with Crippen LogP contribution in [-0.4, -0.2) is 10.1 Å². The smallest absolute Gasteiger partial charge is 0.106 e. The molecule has 1 aliphatic rings. The van der Waals surface area contributed by atoms with Gasteiger partial charge in [0.05, 0.1) is 5.02 Å². The van der Waals surface area contributed by atoms with Gasteiger partial charge in [-0.15, -0.1) is 0 Å². The summed E-state index contributed by atoms with van der Waals surface area (Å²) in [5.41, 5.74) is 2.94. The molecular weight excluding hydrogens is 258 g/mol. The highest BCUT2D eigenvalue weighted by molar-refractivity contribution is 6.31. The van der Waals surface area contributed by atoms with Gasteiger partial charge in [0.15, 0.2) is 0 Å². The van der Waals surface area contributed by atoms with Crippen molar-refractivity contribution in [3.05, 3.63) is 64.4 Å². The molecule has 1 saturated carbocycles. The Hall–Kier alpha value is -1.38. The van der Waals surface area contributed by atoms with Crippen molar-refractivity contribution in [2.24, 2.45) is 0 Å². The van der Waals surface area contributed by atoms with E-state index in [1.165, 1.54) is 24.8 Å². The number of rotatable bonds is 3. The molecule has 1 atom stereocenters. The average molecular weight is 274 g/mol. The molecule has 1 aromatic heterocycles. The molecule has 0 amide bonds. The second-order valence-electron chi connectivity index (χ2n) is 5.10. The zero-order valence-corrected chi connectivity index (χ0v) is 11.3. The van der Waals surface area contributed by atoms with E-state index in [0.717, 1.165) is 5.56 Å². The molecule has 0 aliphatic heterocycles. The number of pyridine rings is 1. The van der Waals surface area contributed by atoms with Gasteiger partial charge in [-0.1, -0.05) is 42.3 Å². The van der Waals surface area contributed by atoms with Gasteiger partial charge in [0.1, 0.15) is 6.10 Å². The summed E-state index contributed by atoms with van der Waals surface area (Å²) in [5.74, 6) is 0.667. The van der Waals surface area contributed by atoms with Crippen LogP contribution in [0.15, 0.2) is 42.7 Å². The monoisotopic (exact) mass is 273 g/mol. The molecule has 3 heteroatoms. The summed E-state index contributed by atoms with van der Waals surface area (Å²) in [6, 6.07) is 9.98. The standard InChI is InChI=1S/C16H16ClNO/c17-15-10-18-8-7-14(15)16(19)13-6-2-5-12(9-13)11-3-1-4-11/h2,5-11,16,19H,1,3-4H2. The van der Waals surface area contributed by atoms with Gasteiger partial charge in [0, 0.05) is 18.0 Å². The van der Waals surface area contributed by atoms with Crippen LogP contribution in [0, 0.1) is 0 Å². The van der Waals surface area contributed by atoms with E-state index in [2.05, 4.69) is 17.1 Å². The van der Waals surface area contributed by atoms with Gasteiger partial charge in [0.25, 0.3) is 0 Å². The lowest BCUT2D eigenvalue weighted by Crippen LogP contribution is -2.09. The van der Waals surface area contributed by atoms with E-state index in [9.17, 15) is 5.11 Å². The fourth-order valence-corrected chi connectivity index (χ4v) is 2.73. The number of benzene rings is 1. The van der Waals surface area contributed by atoms with E-state index >= 15 is 0 Å². The summed E-state index contributed by atoms with van der Waals surface area (Å²) >= 11 is 6.09. The van der Waals surface area contributed by atoms with Gasteiger partial charge in [-0.3, -0.25) is 4.98 Å². The quantitative estimate of drug-likeness (QED) is 0.914. The highest BCUT2D eigenvalue weighted by Gasteiger charge is 2.21. The Kier molecular flexibility index (Phi) is 3.54. The number of aromatic nitrogens is 1. The zero-order chi connectivity index (χ0) is 13.2. The SMILES string of the molecule is OC(c1cccc(C2CCC2)c1)c1ccncc1Cl. The molecule has 0 spiro atoms. The van der Waals surface area contributed by atoms with E-state index < -0.39 is 6.10 Å². The van der Waals surface area contributed by atoms with Crippen LogP contribution in [0.2, 0.25) is 5.02 Å². The third-order valence-electron chi connectivity index (χ3n) is 3.90. The molecule has 1 N–H and O–H groups in total. The molecule has 1 unspecified atom stereocenters. The van der Waals surface area contributed by atoms with Crippen LogP contribution in [-0.2, 0) is 0 Å². The number of hydrogen-bond acceptors (Lipinski definition) is 2. The Morgan fingerprint density at radius 1 is 1.26 bits per heavy atom. The Morgan fingerprint density at radius 3 is 2.79 bits per heavy atom. The van der Waals surface area contributed by atoms with E-state index in [1.807, 2.05) is 12.1 Å². The van der Waals surface area contributed by atoms with E-state index in [4.69, 9.17) is 11.6 Å². The van der Waals surface area contributed by atoms with Gasteiger partial charge < -0.3 is 5.11 Å². The summed E-state index contributed by atoms with van der Waals surface area (Å²) in [6.45, 7) is 0. The molecule has 98 valence electrons. The van der Waals surface area contributed by atoms with Crippen molar-refractivity contribution in [3.63, 3.8) is 0 Å². The summed E-state index contributed by atoms with van der Waals surface area (Å²) in [6.07, 6.45) is 6.37. The molecule has 19 heavy (non-hydrogen) atoms. The Morgan fingerprint density at radius 2 is 2.11 bits per heavy atom. The fraction of sp³-hybridized carbons (Fsp3) is 0.312. The van der Waals surface area contributed by atoms with Crippen LogP contribution in [0.25, 0.3) is 0 Å². The van der Waals surface area contributed by atoms with Crippen LogP contribution in [0.1, 0.15) is 48.0 Å². The fourth-order valence-electron chi connectivity index (χ4n) is 2.51. The predicted octanol–water partition coefficient (Wildman–Crippen LogP) is 4.08. The first-order valence-corrected chi connectivity index (χ1v) is 7.01. The van der Waals surface area contributed by atoms with E-state index in [0.29, 0.717) is 16.5 Å². The molecule has 0 bridgehead atoms. The van der Waals surface area contributed by atoms with Gasteiger partial charge in [-0.25, -0.2) is 0 Å². The number of hydrogen-bond donors (Lipinski definition) is 1. The highest BCUT2D eigenvalue weighted by atomic mass is 35.5. The van der Waals surface area contributed by atoms with Gasteiger partial charge >= 0.3 is 0 Å². The topological polar surface area (TPSA) is 33.1 Å². The van der Waals surface area contributed by atoms with Crippen molar-refractivity contribution in [2.45, 2.75) is 31.3 Å². The van der Waals surface area contributed by atoms with Gasteiger partial charge in [-0.2, -0.15) is 0 Å². The van der Waals surface area contributed by atoms with Crippen molar-refractivity contribution in [1.82, 2.24) is 4.98 Å². The predicted molar refractivity (Wildman–Crippen MR) is 76.3 cm³/mol. The van der Waals surface area contributed by atoms with E-state index in [-0.39, 0.29) is 0 Å². The highest BCUT2D eigenvalue weighted by Crippen LogP contribution is 2.37. The molecular formula is C16H16ClNO. The van der Waals surface area contributed by atoms with Crippen molar-refractivity contribution < 1.29 is 5.11 Å². The molecule has 0 saturated heterocycles. The molecule has 2 nitrogen and oxygen atoms in total.